The van der Waals surface area contributed by atoms with Gasteiger partial charge >= 0.3 is 5.97 Å². The molecule has 4 rings (SSSR count). The average Bonchev–Trinajstić information content (AvgIpc) is 3.33. The van der Waals surface area contributed by atoms with Crippen LogP contribution in [0.5, 0.6) is 5.75 Å². The number of nitriles is 1. The van der Waals surface area contributed by atoms with Crippen molar-refractivity contribution in [3.05, 3.63) is 60.0 Å². The molecule has 0 aliphatic heterocycles. The van der Waals surface area contributed by atoms with Crippen LogP contribution in [0.4, 0.5) is 0 Å². The van der Waals surface area contributed by atoms with Gasteiger partial charge in [0.25, 0.3) is 0 Å². The first kappa shape index (κ1) is 19.3. The molecule has 2 aromatic carbocycles. The topological polar surface area (TPSA) is 92.9 Å². The monoisotopic (exact) mass is 400 g/mol. The summed E-state index contributed by atoms with van der Waals surface area (Å²) in [4.78, 5) is 19.7. The van der Waals surface area contributed by atoms with Crippen LogP contribution in [0.2, 0.25) is 0 Å². The van der Waals surface area contributed by atoms with Gasteiger partial charge < -0.3 is 19.0 Å². The first-order valence-electron chi connectivity index (χ1n) is 9.52. The molecule has 4 aromatic rings. The van der Waals surface area contributed by atoms with E-state index in [4.69, 9.17) is 9.47 Å². The number of hydrogen-bond donors (Lipinski definition) is 1. The largest absolute Gasteiger partial charge is 0.497 e. The number of methoxy groups -OCH3 is 1. The summed E-state index contributed by atoms with van der Waals surface area (Å²) in [6.07, 6.45) is 3.63. The Morgan fingerprint density at radius 3 is 2.90 bits per heavy atom. The van der Waals surface area contributed by atoms with Gasteiger partial charge in [0.15, 0.2) is 0 Å². The molecule has 150 valence electrons. The molecule has 30 heavy (non-hydrogen) atoms. The second-order valence-corrected chi connectivity index (χ2v) is 6.67. The zero-order valence-corrected chi connectivity index (χ0v) is 16.7. The number of nitrogens with one attached hydrogen (secondary N) is 1. The Kier molecular flexibility index (Phi) is 5.22. The van der Waals surface area contributed by atoms with Crippen LogP contribution in [0.15, 0.2) is 48.7 Å². The zero-order chi connectivity index (χ0) is 21.1. The van der Waals surface area contributed by atoms with E-state index in [1.165, 1.54) is 0 Å². The predicted molar refractivity (Wildman–Crippen MR) is 115 cm³/mol. The Hall–Kier alpha value is -4.05. The molecular weight excluding hydrogens is 380 g/mol. The molecule has 1 N–H and O–H groups in total. The average molecular weight is 400 g/mol. The molecule has 0 bridgehead atoms. The van der Waals surface area contributed by atoms with Gasteiger partial charge in [0.2, 0.25) is 0 Å². The Labute approximate surface area is 173 Å². The van der Waals surface area contributed by atoms with E-state index in [2.05, 4.69) is 16.0 Å². The Morgan fingerprint density at radius 2 is 2.13 bits per heavy atom. The number of esters is 1. The van der Waals surface area contributed by atoms with E-state index in [1.807, 2.05) is 53.2 Å². The van der Waals surface area contributed by atoms with E-state index < -0.39 is 0 Å². The Bertz CT molecular complexity index is 1310. The van der Waals surface area contributed by atoms with Crippen molar-refractivity contribution in [2.24, 2.45) is 0 Å². The van der Waals surface area contributed by atoms with Crippen molar-refractivity contribution < 1.29 is 14.3 Å². The van der Waals surface area contributed by atoms with Gasteiger partial charge in [0, 0.05) is 28.7 Å². The van der Waals surface area contributed by atoms with Gasteiger partial charge in [-0.1, -0.05) is 18.2 Å². The number of carbonyl (C=O) groups is 1. The van der Waals surface area contributed by atoms with E-state index in [-0.39, 0.29) is 12.5 Å². The number of fused-ring (bicyclic) bond motifs is 2. The number of nitrogens with zero attached hydrogens (tertiary/aromatic N) is 3. The highest BCUT2D eigenvalue weighted by Crippen LogP contribution is 2.27. The number of benzene rings is 2. The normalized spacial score (nSPS) is 11.6. The van der Waals surface area contributed by atoms with Crippen LogP contribution >= 0.6 is 0 Å². The van der Waals surface area contributed by atoms with Crippen molar-refractivity contribution in [2.75, 3.05) is 13.7 Å². The summed E-state index contributed by atoms with van der Waals surface area (Å²) < 4.78 is 12.2. The molecule has 7 nitrogen and oxygen atoms in total. The maximum atomic E-state index is 12.0. The first-order chi connectivity index (χ1) is 14.6. The van der Waals surface area contributed by atoms with Crippen molar-refractivity contribution in [1.82, 2.24) is 14.5 Å². The summed E-state index contributed by atoms with van der Waals surface area (Å²) in [5.74, 6) is 0.880. The van der Waals surface area contributed by atoms with Crippen LogP contribution < -0.4 is 4.74 Å². The molecule has 2 heterocycles. The highest BCUT2D eigenvalue weighted by Gasteiger charge is 2.13. The SMILES string of the molecule is CCOC(=O)Cn1cc(C=C(C#N)c2nc3ccc(OC)cc3[nH]2)c2ccccc21. The quantitative estimate of drug-likeness (QED) is 0.388. The molecule has 0 amide bonds. The zero-order valence-electron chi connectivity index (χ0n) is 16.7. The first-order valence-corrected chi connectivity index (χ1v) is 9.52. The highest BCUT2D eigenvalue weighted by molar-refractivity contribution is 5.98. The van der Waals surface area contributed by atoms with Crippen LogP contribution in [0.1, 0.15) is 18.3 Å². The number of hydrogen-bond acceptors (Lipinski definition) is 5. The van der Waals surface area contributed by atoms with E-state index in [0.717, 1.165) is 27.5 Å². The number of imidazole rings is 1. The lowest BCUT2D eigenvalue weighted by Crippen LogP contribution is -2.12. The molecule has 0 atom stereocenters. The summed E-state index contributed by atoms with van der Waals surface area (Å²) in [7, 11) is 1.60. The summed E-state index contributed by atoms with van der Waals surface area (Å²) in [5, 5.41) is 10.7. The third kappa shape index (κ3) is 3.63. The number of para-hydroxylation sites is 1. The minimum Gasteiger partial charge on any atom is -0.497 e. The lowest BCUT2D eigenvalue weighted by Gasteiger charge is -2.04. The molecule has 0 radical (unpaired) electrons. The van der Waals surface area contributed by atoms with Crippen molar-refractivity contribution in [3.63, 3.8) is 0 Å². The molecule has 0 saturated heterocycles. The Morgan fingerprint density at radius 1 is 1.30 bits per heavy atom. The van der Waals surface area contributed by atoms with Gasteiger partial charge in [-0.25, -0.2) is 4.98 Å². The van der Waals surface area contributed by atoms with Gasteiger partial charge in [-0.15, -0.1) is 0 Å². The molecule has 0 fully saturated rings. The molecule has 0 aliphatic rings. The van der Waals surface area contributed by atoms with Gasteiger partial charge in [-0.2, -0.15) is 5.26 Å². The van der Waals surface area contributed by atoms with Crippen molar-refractivity contribution >= 4 is 39.6 Å². The summed E-state index contributed by atoms with van der Waals surface area (Å²) in [5.41, 5.74) is 3.64. The van der Waals surface area contributed by atoms with Gasteiger partial charge in [-0.05, 0) is 31.2 Å². The number of aromatic amines is 1. The molecule has 0 unspecified atom stereocenters. The molecule has 0 aliphatic carbocycles. The number of allylic oxidation sites excluding steroid dienone is 1. The van der Waals surface area contributed by atoms with Crippen molar-refractivity contribution in [1.29, 1.82) is 5.26 Å². The smallest absolute Gasteiger partial charge is 0.325 e. The van der Waals surface area contributed by atoms with E-state index in [1.54, 1.807) is 20.1 Å². The number of H-pyrrole nitrogens is 1. The molecule has 0 saturated carbocycles. The number of carbonyl (C=O) groups excluding carboxylic acids is 1. The number of aromatic nitrogens is 3. The lowest BCUT2D eigenvalue weighted by molar-refractivity contribution is -0.143. The van der Waals surface area contributed by atoms with E-state index in [0.29, 0.717) is 23.8 Å². The minimum absolute atomic E-state index is 0.106. The summed E-state index contributed by atoms with van der Waals surface area (Å²) in [6.45, 7) is 2.22. The maximum absolute atomic E-state index is 12.0. The van der Waals surface area contributed by atoms with Gasteiger partial charge in [0.05, 0.1) is 30.3 Å². The number of rotatable bonds is 6. The van der Waals surface area contributed by atoms with Crippen LogP contribution in [0.3, 0.4) is 0 Å². The second kappa shape index (κ2) is 8.13. The third-order valence-corrected chi connectivity index (χ3v) is 4.79. The minimum atomic E-state index is -0.305. The third-order valence-electron chi connectivity index (χ3n) is 4.79. The molecule has 2 aromatic heterocycles. The van der Waals surface area contributed by atoms with Crippen molar-refractivity contribution in [3.8, 4) is 11.8 Å². The fraction of sp³-hybridized carbons (Fsp3) is 0.174. The summed E-state index contributed by atoms with van der Waals surface area (Å²) >= 11 is 0. The van der Waals surface area contributed by atoms with Crippen LogP contribution in [0.25, 0.3) is 33.6 Å². The summed E-state index contributed by atoms with van der Waals surface area (Å²) in [6, 6.07) is 15.5. The predicted octanol–water partition coefficient (Wildman–Crippen LogP) is 4.15. The second-order valence-electron chi connectivity index (χ2n) is 6.67. The molecule has 7 heteroatoms. The van der Waals surface area contributed by atoms with Crippen LogP contribution in [0, 0.1) is 11.3 Å². The molecule has 0 spiro atoms. The fourth-order valence-corrected chi connectivity index (χ4v) is 3.42. The van der Waals surface area contributed by atoms with Crippen molar-refractivity contribution in [2.45, 2.75) is 13.5 Å². The molecular formula is C23H20N4O3. The Balaban J connectivity index is 1.77. The number of ether oxygens (including phenoxy) is 2. The van der Waals surface area contributed by atoms with Gasteiger partial charge in [0.1, 0.15) is 24.2 Å². The van der Waals surface area contributed by atoms with E-state index in [9.17, 15) is 10.1 Å². The highest BCUT2D eigenvalue weighted by atomic mass is 16.5. The standard InChI is InChI=1S/C23H20N4O3/c1-3-30-22(28)14-27-13-16(18-6-4-5-7-21(18)27)10-15(12-24)23-25-19-9-8-17(29-2)11-20(19)26-23/h4-11,13H,3,14H2,1-2H3,(H,25,26). The van der Waals surface area contributed by atoms with Gasteiger partial charge in [-0.3, -0.25) is 4.79 Å². The van der Waals surface area contributed by atoms with E-state index >= 15 is 0 Å². The van der Waals surface area contributed by atoms with Crippen LogP contribution in [-0.2, 0) is 16.1 Å². The maximum Gasteiger partial charge on any atom is 0.325 e. The lowest BCUT2D eigenvalue weighted by atomic mass is 10.1. The fourth-order valence-electron chi connectivity index (χ4n) is 3.42. The van der Waals surface area contributed by atoms with Crippen LogP contribution in [-0.4, -0.2) is 34.2 Å².